The molecule has 0 aliphatic rings. The van der Waals surface area contributed by atoms with Crippen molar-refractivity contribution in [3.63, 3.8) is 0 Å². The van der Waals surface area contributed by atoms with Gasteiger partial charge in [0.2, 0.25) is 0 Å². The Hall–Kier alpha value is -0.900. The SMILES string of the molecule is CNC(=N)CCCCC(N)C(C)=O. The van der Waals surface area contributed by atoms with Crippen molar-refractivity contribution in [1.29, 1.82) is 5.41 Å². The van der Waals surface area contributed by atoms with Gasteiger partial charge in [0.25, 0.3) is 0 Å². The minimum atomic E-state index is -0.316. The average molecular weight is 185 g/mol. The highest BCUT2D eigenvalue weighted by Crippen LogP contribution is 2.02. The van der Waals surface area contributed by atoms with Crippen molar-refractivity contribution in [3.05, 3.63) is 0 Å². The van der Waals surface area contributed by atoms with E-state index in [-0.39, 0.29) is 11.8 Å². The second-order valence-electron chi connectivity index (χ2n) is 3.19. The normalized spacial score (nSPS) is 12.2. The smallest absolute Gasteiger partial charge is 0.146 e. The first-order valence-corrected chi connectivity index (χ1v) is 4.59. The number of ketones is 1. The van der Waals surface area contributed by atoms with Gasteiger partial charge in [0.15, 0.2) is 0 Å². The van der Waals surface area contributed by atoms with E-state index < -0.39 is 0 Å². The summed E-state index contributed by atoms with van der Waals surface area (Å²) in [5.74, 6) is 0.583. The molecule has 0 saturated heterocycles. The molecule has 0 spiro atoms. The minimum Gasteiger partial charge on any atom is -0.377 e. The molecule has 0 heterocycles. The van der Waals surface area contributed by atoms with E-state index in [1.54, 1.807) is 7.05 Å². The number of nitrogens with two attached hydrogens (primary N) is 1. The summed E-state index contributed by atoms with van der Waals surface area (Å²) < 4.78 is 0. The fourth-order valence-electron chi connectivity index (χ4n) is 0.994. The van der Waals surface area contributed by atoms with Crippen LogP contribution in [0.5, 0.6) is 0 Å². The zero-order valence-corrected chi connectivity index (χ0v) is 8.39. The van der Waals surface area contributed by atoms with E-state index in [0.29, 0.717) is 5.84 Å². The number of nitrogens with one attached hydrogen (secondary N) is 2. The monoisotopic (exact) mass is 185 g/mol. The number of hydrogen-bond acceptors (Lipinski definition) is 3. The van der Waals surface area contributed by atoms with Crippen molar-refractivity contribution in [2.45, 2.75) is 38.6 Å². The molecule has 4 nitrogen and oxygen atoms in total. The van der Waals surface area contributed by atoms with Gasteiger partial charge < -0.3 is 11.1 Å². The molecule has 0 rings (SSSR count). The number of carbonyl (C=O) groups excluding carboxylic acids is 1. The third-order valence-electron chi connectivity index (χ3n) is 2.02. The van der Waals surface area contributed by atoms with Crippen molar-refractivity contribution in [2.24, 2.45) is 5.73 Å². The van der Waals surface area contributed by atoms with E-state index in [1.807, 2.05) is 0 Å². The predicted octanol–water partition coefficient (Wildman–Crippen LogP) is 0.660. The summed E-state index contributed by atoms with van der Waals surface area (Å²) in [6, 6.07) is -0.316. The van der Waals surface area contributed by atoms with Gasteiger partial charge in [-0.15, -0.1) is 0 Å². The van der Waals surface area contributed by atoms with Gasteiger partial charge >= 0.3 is 0 Å². The van der Waals surface area contributed by atoms with Crippen LogP contribution in [0.2, 0.25) is 0 Å². The Balaban J connectivity index is 3.35. The largest absolute Gasteiger partial charge is 0.377 e. The summed E-state index contributed by atoms with van der Waals surface area (Å²) in [4.78, 5) is 10.7. The van der Waals surface area contributed by atoms with Crippen molar-refractivity contribution in [2.75, 3.05) is 7.05 Å². The molecular weight excluding hydrogens is 166 g/mol. The Labute approximate surface area is 79.4 Å². The standard InChI is InChI=1S/C9H19N3O/c1-7(13)8(10)5-3-4-6-9(11)12-2/h8H,3-6,10H2,1-2H3,(H2,11,12). The number of carbonyl (C=O) groups is 1. The van der Waals surface area contributed by atoms with Crippen LogP contribution in [0.15, 0.2) is 0 Å². The molecule has 0 bridgehead atoms. The number of unbranched alkanes of at least 4 members (excludes halogenated alkanes) is 1. The maximum Gasteiger partial charge on any atom is 0.146 e. The Bertz CT molecular complexity index is 180. The third-order valence-corrected chi connectivity index (χ3v) is 2.02. The summed E-state index contributed by atoms with van der Waals surface area (Å²) in [5, 5.41) is 10.1. The molecule has 4 N–H and O–H groups in total. The van der Waals surface area contributed by atoms with Crippen LogP contribution in [0.4, 0.5) is 0 Å². The zero-order valence-electron chi connectivity index (χ0n) is 8.39. The number of hydrogen-bond donors (Lipinski definition) is 3. The molecular formula is C9H19N3O. The lowest BCUT2D eigenvalue weighted by atomic mass is 10.1. The van der Waals surface area contributed by atoms with Crippen LogP contribution >= 0.6 is 0 Å². The topological polar surface area (TPSA) is 79.0 Å². The first-order valence-electron chi connectivity index (χ1n) is 4.59. The van der Waals surface area contributed by atoms with Crippen LogP contribution in [-0.4, -0.2) is 24.7 Å². The summed E-state index contributed by atoms with van der Waals surface area (Å²) in [6.45, 7) is 1.51. The minimum absolute atomic E-state index is 0.0451. The number of rotatable bonds is 6. The van der Waals surface area contributed by atoms with Crippen molar-refractivity contribution in [1.82, 2.24) is 5.32 Å². The van der Waals surface area contributed by atoms with Crippen LogP contribution in [0, 0.1) is 5.41 Å². The lowest BCUT2D eigenvalue weighted by molar-refractivity contribution is -0.118. The molecule has 0 aromatic carbocycles. The lowest BCUT2D eigenvalue weighted by Gasteiger charge is -2.07. The van der Waals surface area contributed by atoms with Crippen molar-refractivity contribution < 1.29 is 4.79 Å². The highest BCUT2D eigenvalue weighted by Gasteiger charge is 2.06. The van der Waals surface area contributed by atoms with Gasteiger partial charge in [-0.1, -0.05) is 6.42 Å². The number of amidine groups is 1. The molecule has 4 heteroatoms. The third kappa shape index (κ3) is 6.28. The molecule has 1 unspecified atom stereocenters. The molecule has 0 fully saturated rings. The van der Waals surface area contributed by atoms with Crippen LogP contribution in [0.1, 0.15) is 32.6 Å². The first-order chi connectivity index (χ1) is 6.07. The molecule has 0 amide bonds. The molecule has 0 aromatic heterocycles. The molecule has 0 aliphatic carbocycles. The molecule has 0 saturated carbocycles. The van der Waals surface area contributed by atoms with E-state index in [2.05, 4.69) is 5.32 Å². The lowest BCUT2D eigenvalue weighted by Crippen LogP contribution is -2.28. The van der Waals surface area contributed by atoms with E-state index in [4.69, 9.17) is 11.1 Å². The summed E-state index contributed by atoms with van der Waals surface area (Å²) >= 11 is 0. The summed E-state index contributed by atoms with van der Waals surface area (Å²) in [5.41, 5.74) is 5.55. The first kappa shape index (κ1) is 12.1. The van der Waals surface area contributed by atoms with E-state index in [9.17, 15) is 4.79 Å². The van der Waals surface area contributed by atoms with Crippen molar-refractivity contribution >= 4 is 11.6 Å². The van der Waals surface area contributed by atoms with Crippen LogP contribution < -0.4 is 11.1 Å². The maximum absolute atomic E-state index is 10.7. The Morgan fingerprint density at radius 3 is 2.62 bits per heavy atom. The quantitative estimate of drug-likeness (QED) is 0.323. The molecule has 76 valence electrons. The molecule has 0 aromatic rings. The molecule has 1 atom stereocenters. The van der Waals surface area contributed by atoms with Gasteiger partial charge in [-0.05, 0) is 19.8 Å². The molecule has 13 heavy (non-hydrogen) atoms. The fraction of sp³-hybridized carbons (Fsp3) is 0.778. The van der Waals surface area contributed by atoms with Crippen LogP contribution in [-0.2, 0) is 4.79 Å². The van der Waals surface area contributed by atoms with E-state index >= 15 is 0 Å². The van der Waals surface area contributed by atoms with Crippen LogP contribution in [0.3, 0.4) is 0 Å². The highest BCUT2D eigenvalue weighted by atomic mass is 16.1. The number of Topliss-reactive ketones (excluding diaryl/α,β-unsaturated/α-hetero) is 1. The highest BCUT2D eigenvalue weighted by molar-refractivity contribution is 5.81. The van der Waals surface area contributed by atoms with Crippen LogP contribution in [0.25, 0.3) is 0 Å². The van der Waals surface area contributed by atoms with Gasteiger partial charge in [-0.25, -0.2) is 0 Å². The van der Waals surface area contributed by atoms with Gasteiger partial charge in [-0.3, -0.25) is 10.2 Å². The zero-order chi connectivity index (χ0) is 10.3. The Morgan fingerprint density at radius 1 is 1.54 bits per heavy atom. The summed E-state index contributed by atoms with van der Waals surface area (Å²) in [6.07, 6.45) is 3.29. The second kappa shape index (κ2) is 6.60. The average Bonchev–Trinajstić information content (AvgIpc) is 2.11. The maximum atomic E-state index is 10.7. The fourth-order valence-corrected chi connectivity index (χ4v) is 0.994. The van der Waals surface area contributed by atoms with Gasteiger partial charge in [-0.2, -0.15) is 0 Å². The second-order valence-corrected chi connectivity index (χ2v) is 3.19. The van der Waals surface area contributed by atoms with Gasteiger partial charge in [0.1, 0.15) is 5.78 Å². The summed E-state index contributed by atoms with van der Waals surface area (Å²) in [7, 11) is 1.74. The van der Waals surface area contributed by atoms with Crippen molar-refractivity contribution in [3.8, 4) is 0 Å². The Morgan fingerprint density at radius 2 is 2.15 bits per heavy atom. The molecule has 0 radical (unpaired) electrons. The van der Waals surface area contributed by atoms with E-state index in [1.165, 1.54) is 6.92 Å². The predicted molar refractivity (Wildman–Crippen MR) is 53.9 cm³/mol. The molecule has 0 aliphatic heterocycles. The van der Waals surface area contributed by atoms with Gasteiger partial charge in [0.05, 0.1) is 11.9 Å². The van der Waals surface area contributed by atoms with Gasteiger partial charge in [0, 0.05) is 13.5 Å². The van der Waals surface area contributed by atoms with E-state index in [0.717, 1.165) is 25.7 Å². The Kier molecular flexibility index (Phi) is 6.14.